The van der Waals surface area contributed by atoms with Crippen molar-refractivity contribution in [1.29, 1.82) is 0 Å². The van der Waals surface area contributed by atoms with Crippen molar-refractivity contribution in [2.45, 2.75) is 24.8 Å². The molecule has 0 saturated carbocycles. The van der Waals surface area contributed by atoms with Crippen molar-refractivity contribution in [3.05, 3.63) is 59.2 Å². The molecule has 2 aliphatic heterocycles. The Labute approximate surface area is 179 Å². The number of fused-ring (bicyclic) bond motifs is 1. The van der Waals surface area contributed by atoms with E-state index >= 15 is 0 Å². The third-order valence-electron chi connectivity index (χ3n) is 4.63. The second kappa shape index (κ2) is 8.06. The van der Waals surface area contributed by atoms with Crippen LogP contribution < -0.4 is 16.2 Å². The van der Waals surface area contributed by atoms with Gasteiger partial charge in [-0.3, -0.25) is 15.0 Å². The highest BCUT2D eigenvalue weighted by atomic mass is 32.2. The van der Waals surface area contributed by atoms with Gasteiger partial charge in [-0.15, -0.1) is 0 Å². The summed E-state index contributed by atoms with van der Waals surface area (Å²) in [6.45, 7) is 1.86. The third kappa shape index (κ3) is 4.71. The molecular formula is C20H16F3N5O2S. The van der Waals surface area contributed by atoms with E-state index in [0.717, 1.165) is 17.3 Å². The molecule has 2 aromatic carbocycles. The van der Waals surface area contributed by atoms with Crippen LogP contribution in [0.4, 0.5) is 29.3 Å². The first-order chi connectivity index (χ1) is 14.7. The smallest absolute Gasteiger partial charge is 0.320 e. The van der Waals surface area contributed by atoms with Gasteiger partial charge in [0.2, 0.25) is 0 Å². The molecule has 7 nitrogen and oxygen atoms in total. The van der Waals surface area contributed by atoms with Crippen LogP contribution in [0.5, 0.6) is 0 Å². The molecule has 0 aliphatic carbocycles. The number of amides is 2. The number of halogens is 3. The van der Waals surface area contributed by atoms with Gasteiger partial charge >= 0.3 is 6.18 Å². The number of alkyl halides is 3. The zero-order chi connectivity index (χ0) is 22.2. The molecule has 1 unspecified atom stereocenters. The number of hydrogen-bond donors (Lipinski definition) is 3. The number of carbonyl (C=O) groups is 2. The number of hydrazone groups is 2. The highest BCUT2D eigenvalue weighted by Crippen LogP contribution is 2.28. The maximum atomic E-state index is 12.5. The van der Waals surface area contributed by atoms with Gasteiger partial charge in [-0.05, 0) is 42.3 Å². The van der Waals surface area contributed by atoms with Crippen LogP contribution in [-0.2, 0) is 11.2 Å². The standard InChI is InChI=1S/C20H16F3N5O2S/c1-10-16(26-28-19(30)31-10)12-4-7-15-14(8-12)17(18(29)24-15)27-25-13-5-2-11(3-6-13)9-20(21,22)23/h2-8,10,25H,9H2,1H3,(H,28,30)(H,24,27,29). The maximum absolute atomic E-state index is 12.5. The molecule has 160 valence electrons. The van der Waals surface area contributed by atoms with E-state index in [1.54, 1.807) is 18.2 Å². The van der Waals surface area contributed by atoms with Crippen LogP contribution in [-0.4, -0.2) is 34.0 Å². The molecule has 2 amide bonds. The van der Waals surface area contributed by atoms with Gasteiger partial charge in [0, 0.05) is 5.56 Å². The van der Waals surface area contributed by atoms with Gasteiger partial charge in [0.1, 0.15) is 0 Å². The lowest BCUT2D eigenvalue weighted by Gasteiger charge is -2.18. The van der Waals surface area contributed by atoms with Gasteiger partial charge in [-0.2, -0.15) is 23.4 Å². The largest absolute Gasteiger partial charge is 0.393 e. The first kappa shape index (κ1) is 20.9. The van der Waals surface area contributed by atoms with E-state index in [9.17, 15) is 22.8 Å². The summed E-state index contributed by atoms with van der Waals surface area (Å²) in [5, 5.41) is 10.6. The third-order valence-corrected chi connectivity index (χ3v) is 5.51. The normalized spacial score (nSPS) is 19.5. The van der Waals surface area contributed by atoms with E-state index < -0.39 is 18.5 Å². The molecule has 2 heterocycles. The lowest BCUT2D eigenvalue weighted by atomic mass is 10.0. The van der Waals surface area contributed by atoms with Crippen molar-refractivity contribution in [3.63, 3.8) is 0 Å². The van der Waals surface area contributed by atoms with Crippen molar-refractivity contribution in [1.82, 2.24) is 5.43 Å². The summed E-state index contributed by atoms with van der Waals surface area (Å²) in [7, 11) is 0. The maximum Gasteiger partial charge on any atom is 0.393 e. The Morgan fingerprint density at radius 1 is 1.16 bits per heavy atom. The molecule has 0 fully saturated rings. The highest BCUT2D eigenvalue weighted by molar-refractivity contribution is 8.14. The summed E-state index contributed by atoms with van der Waals surface area (Å²) < 4.78 is 37.4. The predicted molar refractivity (Wildman–Crippen MR) is 114 cm³/mol. The number of anilines is 2. The Morgan fingerprint density at radius 2 is 1.90 bits per heavy atom. The minimum atomic E-state index is -4.28. The molecule has 0 spiro atoms. The van der Waals surface area contributed by atoms with Crippen molar-refractivity contribution in [2.24, 2.45) is 10.2 Å². The fourth-order valence-electron chi connectivity index (χ4n) is 3.21. The second-order valence-electron chi connectivity index (χ2n) is 6.93. The van der Waals surface area contributed by atoms with Crippen LogP contribution in [0.25, 0.3) is 0 Å². The molecular weight excluding hydrogens is 431 g/mol. The van der Waals surface area contributed by atoms with Gasteiger partial charge in [0.15, 0.2) is 5.71 Å². The van der Waals surface area contributed by atoms with Crippen LogP contribution in [0.15, 0.2) is 52.7 Å². The summed E-state index contributed by atoms with van der Waals surface area (Å²) in [6, 6.07) is 10.9. The van der Waals surface area contributed by atoms with Gasteiger partial charge in [-0.25, -0.2) is 5.43 Å². The summed E-state index contributed by atoms with van der Waals surface area (Å²) in [6.07, 6.45) is -5.29. The Morgan fingerprint density at radius 3 is 2.58 bits per heavy atom. The molecule has 0 radical (unpaired) electrons. The second-order valence-corrected chi connectivity index (χ2v) is 8.25. The highest BCUT2D eigenvalue weighted by Gasteiger charge is 2.29. The summed E-state index contributed by atoms with van der Waals surface area (Å²) in [5.74, 6) is -0.408. The summed E-state index contributed by atoms with van der Waals surface area (Å²) in [5.41, 5.74) is 8.40. The number of benzene rings is 2. The van der Waals surface area contributed by atoms with Crippen molar-refractivity contribution in [3.8, 4) is 0 Å². The van der Waals surface area contributed by atoms with E-state index in [-0.39, 0.29) is 21.8 Å². The SMILES string of the molecule is CC1SC(=O)NN=C1c1ccc2c(c1)C(=NNc1ccc(CC(F)(F)F)cc1)C(=O)N2. The van der Waals surface area contributed by atoms with E-state index in [4.69, 9.17) is 0 Å². The monoisotopic (exact) mass is 447 g/mol. The average molecular weight is 447 g/mol. The fourth-order valence-corrected chi connectivity index (χ4v) is 3.93. The predicted octanol–water partition coefficient (Wildman–Crippen LogP) is 4.11. The van der Waals surface area contributed by atoms with E-state index in [1.807, 2.05) is 6.92 Å². The first-order valence-corrected chi connectivity index (χ1v) is 10.1. The molecule has 11 heteroatoms. The number of carbonyl (C=O) groups excluding carboxylic acids is 2. The van der Waals surface area contributed by atoms with Crippen LogP contribution in [0.2, 0.25) is 0 Å². The van der Waals surface area contributed by atoms with E-state index in [2.05, 4.69) is 26.4 Å². The molecule has 2 aromatic rings. The summed E-state index contributed by atoms with van der Waals surface area (Å²) in [4.78, 5) is 23.8. The first-order valence-electron chi connectivity index (χ1n) is 9.19. The zero-order valence-corrected chi connectivity index (χ0v) is 16.9. The Kier molecular flexibility index (Phi) is 5.44. The van der Waals surface area contributed by atoms with Gasteiger partial charge < -0.3 is 5.32 Å². The molecule has 0 aromatic heterocycles. The number of thioether (sulfide) groups is 1. The Balaban J connectivity index is 1.56. The average Bonchev–Trinajstić information content (AvgIpc) is 3.00. The van der Waals surface area contributed by atoms with Crippen molar-refractivity contribution < 1.29 is 22.8 Å². The van der Waals surface area contributed by atoms with Crippen molar-refractivity contribution in [2.75, 3.05) is 10.7 Å². The van der Waals surface area contributed by atoms with Gasteiger partial charge in [0.25, 0.3) is 11.1 Å². The molecule has 2 aliphatic rings. The Bertz CT molecular complexity index is 1110. The van der Waals surface area contributed by atoms with Gasteiger partial charge in [-0.1, -0.05) is 30.0 Å². The summed E-state index contributed by atoms with van der Waals surface area (Å²) >= 11 is 1.11. The lowest BCUT2D eigenvalue weighted by molar-refractivity contribution is -0.127. The Hall–Kier alpha value is -3.34. The molecule has 0 saturated heterocycles. The molecule has 3 N–H and O–H groups in total. The van der Waals surface area contributed by atoms with E-state index in [0.29, 0.717) is 22.6 Å². The quantitative estimate of drug-likeness (QED) is 0.615. The topological polar surface area (TPSA) is 94.9 Å². The van der Waals surface area contributed by atoms with Gasteiger partial charge in [0.05, 0.1) is 28.8 Å². The van der Waals surface area contributed by atoms with Crippen LogP contribution >= 0.6 is 11.8 Å². The minimum Gasteiger partial charge on any atom is -0.320 e. The van der Waals surface area contributed by atoms with Crippen LogP contribution in [0.3, 0.4) is 0 Å². The fraction of sp³-hybridized carbons (Fsp3) is 0.200. The number of hydrogen-bond acceptors (Lipinski definition) is 6. The van der Waals surface area contributed by atoms with Crippen LogP contribution in [0.1, 0.15) is 23.6 Å². The zero-order valence-electron chi connectivity index (χ0n) is 16.1. The molecule has 4 rings (SSSR count). The minimum absolute atomic E-state index is 0.131. The number of nitrogens with one attached hydrogen (secondary N) is 3. The molecule has 31 heavy (non-hydrogen) atoms. The lowest BCUT2D eigenvalue weighted by Crippen LogP contribution is -2.29. The van der Waals surface area contributed by atoms with Crippen molar-refractivity contribution >= 4 is 45.7 Å². The number of rotatable bonds is 4. The molecule has 0 bridgehead atoms. The van der Waals surface area contributed by atoms with E-state index in [1.165, 1.54) is 24.3 Å². The van der Waals surface area contributed by atoms with Crippen LogP contribution in [0, 0.1) is 0 Å². The number of nitrogens with zero attached hydrogens (tertiary/aromatic N) is 2. The molecule has 1 atom stereocenters.